The van der Waals surface area contributed by atoms with Crippen LogP contribution in [0.25, 0.3) is 0 Å². The minimum Gasteiger partial charge on any atom is -0.377 e. The van der Waals surface area contributed by atoms with Gasteiger partial charge in [-0.15, -0.1) is 0 Å². The monoisotopic (exact) mass is 254 g/mol. The number of methoxy groups -OCH3 is 1. The normalized spacial score (nSPS) is 10.5. The van der Waals surface area contributed by atoms with E-state index in [4.69, 9.17) is 9.26 Å². The van der Waals surface area contributed by atoms with E-state index in [0.717, 1.165) is 11.5 Å². The van der Waals surface area contributed by atoms with E-state index in [-0.39, 0.29) is 11.6 Å². The molecule has 2 heterocycles. The minimum absolute atomic E-state index is 0.214. The summed E-state index contributed by atoms with van der Waals surface area (Å²) in [6.07, 6.45) is 0. The summed E-state index contributed by atoms with van der Waals surface area (Å²) in [5, 5.41) is 6.58. The van der Waals surface area contributed by atoms with Crippen molar-refractivity contribution < 1.29 is 14.1 Å². The third-order valence-electron chi connectivity index (χ3n) is 1.82. The molecule has 0 aliphatic rings. The van der Waals surface area contributed by atoms with Crippen molar-refractivity contribution in [3.63, 3.8) is 0 Å². The first-order chi connectivity index (χ1) is 8.19. The van der Waals surface area contributed by atoms with Crippen LogP contribution in [0, 0.1) is 6.92 Å². The maximum atomic E-state index is 11.7. The lowest BCUT2D eigenvalue weighted by molar-refractivity contribution is 0.101. The van der Waals surface area contributed by atoms with Gasteiger partial charge in [0.05, 0.1) is 0 Å². The van der Waals surface area contributed by atoms with Crippen LogP contribution in [-0.4, -0.2) is 27.5 Å². The van der Waals surface area contributed by atoms with E-state index in [1.807, 2.05) is 0 Å². The van der Waals surface area contributed by atoms with E-state index < -0.39 is 0 Å². The minimum atomic E-state index is -0.373. The molecule has 2 rings (SSSR count). The molecule has 8 heteroatoms. The van der Waals surface area contributed by atoms with Crippen molar-refractivity contribution in [1.82, 2.24) is 14.5 Å². The molecule has 90 valence electrons. The van der Waals surface area contributed by atoms with E-state index in [2.05, 4.69) is 19.8 Å². The number of rotatable bonds is 4. The quantitative estimate of drug-likeness (QED) is 0.882. The van der Waals surface area contributed by atoms with E-state index in [1.165, 1.54) is 0 Å². The van der Waals surface area contributed by atoms with Crippen molar-refractivity contribution >= 4 is 22.6 Å². The van der Waals surface area contributed by atoms with Gasteiger partial charge < -0.3 is 9.26 Å². The molecule has 0 aliphatic carbocycles. The first kappa shape index (κ1) is 11.7. The van der Waals surface area contributed by atoms with Crippen LogP contribution in [0.5, 0.6) is 0 Å². The summed E-state index contributed by atoms with van der Waals surface area (Å²) in [6, 6.07) is 1.55. The van der Waals surface area contributed by atoms with Gasteiger partial charge in [-0.2, -0.15) is 4.37 Å². The third kappa shape index (κ3) is 2.86. The molecule has 7 nitrogen and oxygen atoms in total. The van der Waals surface area contributed by atoms with E-state index in [0.29, 0.717) is 23.3 Å². The summed E-state index contributed by atoms with van der Waals surface area (Å²) in [5.74, 6) is 0.735. The highest BCUT2D eigenvalue weighted by Gasteiger charge is 2.13. The number of nitrogens with zero attached hydrogens (tertiary/aromatic N) is 3. The Morgan fingerprint density at radius 2 is 2.47 bits per heavy atom. The molecule has 0 saturated heterocycles. The summed E-state index contributed by atoms with van der Waals surface area (Å²) in [6.45, 7) is 2.03. The number of anilines is 1. The van der Waals surface area contributed by atoms with Gasteiger partial charge >= 0.3 is 0 Å². The number of carbonyl (C=O) groups is 1. The molecule has 17 heavy (non-hydrogen) atoms. The average Bonchev–Trinajstić information content (AvgIpc) is 2.88. The van der Waals surface area contributed by atoms with Crippen LogP contribution in [0.1, 0.15) is 22.1 Å². The van der Waals surface area contributed by atoms with Gasteiger partial charge in [-0.3, -0.25) is 10.1 Å². The van der Waals surface area contributed by atoms with Crippen molar-refractivity contribution in [2.24, 2.45) is 0 Å². The lowest BCUT2D eigenvalue weighted by Gasteiger charge is -1.95. The van der Waals surface area contributed by atoms with E-state index >= 15 is 0 Å². The molecule has 2 aromatic rings. The Morgan fingerprint density at radius 1 is 1.65 bits per heavy atom. The first-order valence-electron chi connectivity index (χ1n) is 4.75. The molecular weight excluding hydrogens is 244 g/mol. The number of ether oxygens (including phenoxy) is 1. The van der Waals surface area contributed by atoms with Crippen molar-refractivity contribution in [2.45, 2.75) is 13.5 Å². The Hall–Kier alpha value is -1.80. The van der Waals surface area contributed by atoms with Crippen LogP contribution in [-0.2, 0) is 11.3 Å². The molecule has 0 aromatic carbocycles. The van der Waals surface area contributed by atoms with Gasteiger partial charge in [0, 0.05) is 24.7 Å². The van der Waals surface area contributed by atoms with Gasteiger partial charge in [-0.1, -0.05) is 5.16 Å². The molecule has 0 unspecified atom stereocenters. The van der Waals surface area contributed by atoms with Crippen LogP contribution in [0.15, 0.2) is 10.6 Å². The predicted molar refractivity (Wildman–Crippen MR) is 59.8 cm³/mol. The number of carbonyl (C=O) groups excluding carboxylic acids is 1. The second-order valence-corrected chi connectivity index (χ2v) is 3.98. The molecular formula is C9H10N4O3S. The molecule has 0 aliphatic heterocycles. The Balaban J connectivity index is 2.02. The summed E-state index contributed by atoms with van der Waals surface area (Å²) >= 11 is 1.09. The molecule has 1 amide bonds. The second-order valence-electron chi connectivity index (χ2n) is 3.23. The van der Waals surface area contributed by atoms with Crippen LogP contribution in [0.3, 0.4) is 0 Å². The van der Waals surface area contributed by atoms with Crippen molar-refractivity contribution in [3.8, 4) is 0 Å². The van der Waals surface area contributed by atoms with Crippen molar-refractivity contribution in [1.29, 1.82) is 0 Å². The van der Waals surface area contributed by atoms with Crippen molar-refractivity contribution in [2.75, 3.05) is 12.4 Å². The molecule has 0 saturated carbocycles. The molecule has 2 aromatic heterocycles. The molecule has 0 atom stereocenters. The highest BCUT2D eigenvalue weighted by molar-refractivity contribution is 7.09. The van der Waals surface area contributed by atoms with Gasteiger partial charge in [0.1, 0.15) is 12.4 Å². The van der Waals surface area contributed by atoms with E-state index in [9.17, 15) is 4.79 Å². The number of amides is 1. The molecule has 0 fully saturated rings. The largest absolute Gasteiger partial charge is 0.377 e. The highest BCUT2D eigenvalue weighted by atomic mass is 32.1. The molecule has 1 N–H and O–H groups in total. The third-order valence-corrected chi connectivity index (χ3v) is 2.49. The summed E-state index contributed by atoms with van der Waals surface area (Å²) in [7, 11) is 1.55. The molecule has 0 radical (unpaired) electrons. The number of aromatic nitrogens is 3. The zero-order valence-electron chi connectivity index (χ0n) is 9.26. The average molecular weight is 254 g/mol. The summed E-state index contributed by atoms with van der Waals surface area (Å²) in [5.41, 5.74) is 0.214. The zero-order chi connectivity index (χ0) is 12.3. The number of aryl methyl sites for hydroxylation is 1. The van der Waals surface area contributed by atoms with Gasteiger partial charge in [-0.05, 0) is 6.92 Å². The van der Waals surface area contributed by atoms with Gasteiger partial charge in [0.15, 0.2) is 11.5 Å². The standard InChI is InChI=1S/C9H10N4O3S/c1-5-3-6(12-16-5)8(14)11-9-10-7(4-15-2)13-17-9/h3H,4H2,1-2H3,(H,10,11,13,14). The maximum Gasteiger partial charge on any atom is 0.279 e. The number of hydrogen-bond donors (Lipinski definition) is 1. The smallest absolute Gasteiger partial charge is 0.279 e. The summed E-state index contributed by atoms with van der Waals surface area (Å²) in [4.78, 5) is 15.7. The second kappa shape index (κ2) is 5.02. The highest BCUT2D eigenvalue weighted by Crippen LogP contribution is 2.13. The van der Waals surface area contributed by atoms with Gasteiger partial charge in [0.25, 0.3) is 5.91 Å². The number of nitrogens with one attached hydrogen (secondary N) is 1. The topological polar surface area (TPSA) is 90.1 Å². The van der Waals surface area contributed by atoms with Crippen LogP contribution in [0.2, 0.25) is 0 Å². The zero-order valence-corrected chi connectivity index (χ0v) is 10.1. The van der Waals surface area contributed by atoms with Crippen LogP contribution >= 0.6 is 11.5 Å². The predicted octanol–water partition coefficient (Wildman–Crippen LogP) is 1.23. The Labute approximate surface area is 101 Å². The van der Waals surface area contributed by atoms with Gasteiger partial charge in [-0.25, -0.2) is 4.98 Å². The van der Waals surface area contributed by atoms with Gasteiger partial charge in [0.2, 0.25) is 5.13 Å². The molecule has 0 bridgehead atoms. The molecule has 0 spiro atoms. The maximum absolute atomic E-state index is 11.7. The van der Waals surface area contributed by atoms with E-state index in [1.54, 1.807) is 20.1 Å². The lowest BCUT2D eigenvalue weighted by atomic mass is 10.4. The summed E-state index contributed by atoms with van der Waals surface area (Å²) < 4.78 is 13.7. The SMILES string of the molecule is COCc1nsc(NC(=O)c2cc(C)on2)n1. The Bertz CT molecular complexity index is 522. The van der Waals surface area contributed by atoms with Crippen molar-refractivity contribution in [3.05, 3.63) is 23.3 Å². The first-order valence-corrected chi connectivity index (χ1v) is 5.52. The number of hydrogen-bond acceptors (Lipinski definition) is 7. The Kier molecular flexibility index (Phi) is 3.45. The fourth-order valence-corrected chi connectivity index (χ4v) is 1.70. The van der Waals surface area contributed by atoms with Crippen LogP contribution < -0.4 is 5.32 Å². The Morgan fingerprint density at radius 3 is 3.12 bits per heavy atom. The fourth-order valence-electron chi connectivity index (χ4n) is 1.13. The van der Waals surface area contributed by atoms with Crippen LogP contribution in [0.4, 0.5) is 5.13 Å². The fraction of sp³-hybridized carbons (Fsp3) is 0.333. The lowest BCUT2D eigenvalue weighted by Crippen LogP contribution is -2.12.